The van der Waals surface area contributed by atoms with Gasteiger partial charge in [-0.1, -0.05) is 0 Å². The number of hydrogen-bond acceptors (Lipinski definition) is 4. The van der Waals surface area contributed by atoms with Gasteiger partial charge >= 0.3 is 5.97 Å². The van der Waals surface area contributed by atoms with Gasteiger partial charge in [0.15, 0.2) is 5.82 Å². The third-order valence-corrected chi connectivity index (χ3v) is 2.79. The first kappa shape index (κ1) is 12.2. The van der Waals surface area contributed by atoms with Crippen molar-refractivity contribution in [2.75, 3.05) is 12.4 Å². The van der Waals surface area contributed by atoms with E-state index in [0.29, 0.717) is 5.69 Å². The first-order valence-corrected chi connectivity index (χ1v) is 5.53. The zero-order valence-electron chi connectivity index (χ0n) is 10.9. The Labute approximate surface area is 105 Å². The van der Waals surface area contributed by atoms with Crippen LogP contribution in [0.5, 0.6) is 0 Å². The second-order valence-electron chi connectivity index (χ2n) is 4.14. The molecule has 0 bridgehead atoms. The third-order valence-electron chi connectivity index (χ3n) is 2.79. The molecule has 2 heterocycles. The molecule has 0 aliphatic rings. The fourth-order valence-electron chi connectivity index (χ4n) is 1.71. The zero-order chi connectivity index (χ0) is 13.3. The van der Waals surface area contributed by atoms with Crippen molar-refractivity contribution in [3.05, 3.63) is 29.7 Å². The van der Waals surface area contributed by atoms with Gasteiger partial charge in [-0.25, -0.2) is 4.79 Å². The molecular weight excluding hydrogens is 232 g/mol. The monoisotopic (exact) mass is 248 g/mol. The van der Waals surface area contributed by atoms with E-state index >= 15 is 0 Å². The van der Waals surface area contributed by atoms with Crippen LogP contribution >= 0.6 is 0 Å². The summed E-state index contributed by atoms with van der Waals surface area (Å²) < 4.78 is 8.19. The summed E-state index contributed by atoms with van der Waals surface area (Å²) in [5.41, 5.74) is 2.35. The van der Waals surface area contributed by atoms with Crippen molar-refractivity contribution in [3.8, 4) is 0 Å². The van der Waals surface area contributed by atoms with E-state index in [0.717, 1.165) is 17.2 Å². The first-order chi connectivity index (χ1) is 8.51. The summed E-state index contributed by atoms with van der Waals surface area (Å²) in [4.78, 5) is 11.5. The lowest BCUT2D eigenvalue weighted by atomic mass is 10.4. The summed E-state index contributed by atoms with van der Waals surface area (Å²) in [5, 5.41) is 7.43. The fraction of sp³-hybridized carbons (Fsp3) is 0.333. The van der Waals surface area contributed by atoms with Crippen LogP contribution in [0, 0.1) is 6.92 Å². The maximum absolute atomic E-state index is 11.5. The molecule has 0 aromatic carbocycles. The van der Waals surface area contributed by atoms with Crippen LogP contribution in [0.1, 0.15) is 16.2 Å². The highest BCUT2D eigenvalue weighted by Gasteiger charge is 2.12. The van der Waals surface area contributed by atoms with Crippen LogP contribution < -0.4 is 5.32 Å². The normalized spacial score (nSPS) is 10.4. The van der Waals surface area contributed by atoms with E-state index in [1.165, 1.54) is 7.11 Å². The zero-order valence-corrected chi connectivity index (χ0v) is 10.9. The second kappa shape index (κ2) is 4.56. The molecule has 0 aliphatic heterocycles. The van der Waals surface area contributed by atoms with Crippen molar-refractivity contribution in [2.24, 2.45) is 14.1 Å². The smallest absolute Gasteiger partial charge is 0.354 e. The van der Waals surface area contributed by atoms with Crippen LogP contribution in [0.4, 0.5) is 11.5 Å². The van der Waals surface area contributed by atoms with E-state index in [4.69, 9.17) is 4.74 Å². The van der Waals surface area contributed by atoms with Crippen LogP contribution in [-0.2, 0) is 18.8 Å². The number of ether oxygens (including phenoxy) is 1. The lowest BCUT2D eigenvalue weighted by Crippen LogP contribution is -2.06. The molecule has 0 radical (unpaired) electrons. The lowest BCUT2D eigenvalue weighted by Gasteiger charge is -1.98. The molecule has 96 valence electrons. The lowest BCUT2D eigenvalue weighted by molar-refractivity contribution is 0.0590. The summed E-state index contributed by atoms with van der Waals surface area (Å²) in [6, 6.07) is 3.67. The number of esters is 1. The quantitative estimate of drug-likeness (QED) is 0.838. The number of hydrogen-bond donors (Lipinski definition) is 1. The number of carbonyl (C=O) groups excluding carboxylic acids is 1. The predicted octanol–water partition coefficient (Wildman–Crippen LogP) is 1.60. The highest BCUT2D eigenvalue weighted by Crippen LogP contribution is 2.19. The van der Waals surface area contributed by atoms with E-state index in [-0.39, 0.29) is 5.97 Å². The van der Waals surface area contributed by atoms with Crippen molar-refractivity contribution in [2.45, 2.75) is 6.92 Å². The Morgan fingerprint density at radius 2 is 2.11 bits per heavy atom. The molecular formula is C12H16N4O2. The topological polar surface area (TPSA) is 61.1 Å². The number of rotatable bonds is 3. The van der Waals surface area contributed by atoms with E-state index in [1.54, 1.807) is 22.4 Å². The molecule has 0 saturated carbocycles. The summed E-state index contributed by atoms with van der Waals surface area (Å²) in [7, 11) is 5.04. The minimum Gasteiger partial charge on any atom is -0.464 e. The van der Waals surface area contributed by atoms with Gasteiger partial charge in [0.1, 0.15) is 5.69 Å². The Balaban J connectivity index is 2.22. The van der Waals surface area contributed by atoms with Gasteiger partial charge in [-0.3, -0.25) is 4.68 Å². The van der Waals surface area contributed by atoms with Crippen molar-refractivity contribution in [3.63, 3.8) is 0 Å². The molecule has 0 fully saturated rings. The molecule has 6 nitrogen and oxygen atoms in total. The van der Waals surface area contributed by atoms with Crippen LogP contribution in [0.3, 0.4) is 0 Å². The Hall–Kier alpha value is -2.24. The van der Waals surface area contributed by atoms with E-state index < -0.39 is 0 Å². The van der Waals surface area contributed by atoms with Gasteiger partial charge in [0.05, 0.1) is 12.8 Å². The second-order valence-corrected chi connectivity index (χ2v) is 4.14. The van der Waals surface area contributed by atoms with Gasteiger partial charge in [-0.05, 0) is 13.0 Å². The minimum atomic E-state index is -0.359. The molecule has 0 amide bonds. The third kappa shape index (κ3) is 2.22. The molecule has 2 rings (SSSR count). The molecule has 0 atom stereocenters. The van der Waals surface area contributed by atoms with Gasteiger partial charge < -0.3 is 14.6 Å². The van der Waals surface area contributed by atoms with Crippen LogP contribution in [0.15, 0.2) is 18.3 Å². The number of methoxy groups -OCH3 is 1. The molecule has 1 N–H and O–H groups in total. The molecule has 2 aromatic heterocycles. The standard InChI is InChI=1S/C12H16N4O2/c1-8-5-11(14-16(8)3)13-9-6-10(12(17)18-4)15(2)7-9/h5-7H,1-4H3,(H,13,14). The van der Waals surface area contributed by atoms with Gasteiger partial charge in [0.25, 0.3) is 0 Å². The number of anilines is 2. The van der Waals surface area contributed by atoms with Crippen molar-refractivity contribution < 1.29 is 9.53 Å². The maximum atomic E-state index is 11.5. The Morgan fingerprint density at radius 1 is 1.39 bits per heavy atom. The van der Waals surface area contributed by atoms with Gasteiger partial charge in [0, 0.05) is 32.1 Å². The molecule has 0 spiro atoms. The minimum absolute atomic E-state index is 0.359. The molecule has 6 heteroatoms. The first-order valence-electron chi connectivity index (χ1n) is 5.53. The highest BCUT2D eigenvalue weighted by atomic mass is 16.5. The summed E-state index contributed by atoms with van der Waals surface area (Å²) >= 11 is 0. The van der Waals surface area contributed by atoms with Crippen LogP contribution in [0.25, 0.3) is 0 Å². The summed E-state index contributed by atoms with van der Waals surface area (Å²) in [6.45, 7) is 1.98. The molecule has 2 aromatic rings. The Bertz CT molecular complexity index is 563. The number of aryl methyl sites for hydroxylation is 3. The maximum Gasteiger partial charge on any atom is 0.354 e. The average Bonchev–Trinajstić information content (AvgIpc) is 2.82. The number of nitrogens with zero attached hydrogens (tertiary/aromatic N) is 3. The number of carbonyl (C=O) groups is 1. The van der Waals surface area contributed by atoms with Crippen molar-refractivity contribution in [1.82, 2.24) is 14.3 Å². The summed E-state index contributed by atoms with van der Waals surface area (Å²) in [5.74, 6) is 0.389. The predicted molar refractivity (Wildman–Crippen MR) is 68.0 cm³/mol. The van der Waals surface area contributed by atoms with Gasteiger partial charge in [-0.2, -0.15) is 5.10 Å². The van der Waals surface area contributed by atoms with E-state index in [9.17, 15) is 4.79 Å². The van der Waals surface area contributed by atoms with E-state index in [1.807, 2.05) is 26.2 Å². The Morgan fingerprint density at radius 3 is 2.67 bits per heavy atom. The van der Waals surface area contributed by atoms with Crippen LogP contribution in [-0.4, -0.2) is 27.4 Å². The molecule has 0 aliphatic carbocycles. The fourth-order valence-corrected chi connectivity index (χ4v) is 1.71. The number of nitrogens with one attached hydrogen (secondary N) is 1. The van der Waals surface area contributed by atoms with Gasteiger partial charge in [-0.15, -0.1) is 0 Å². The van der Waals surface area contributed by atoms with Crippen molar-refractivity contribution >= 4 is 17.5 Å². The SMILES string of the molecule is COC(=O)c1cc(Nc2cc(C)n(C)n2)cn1C. The van der Waals surface area contributed by atoms with Gasteiger partial charge in [0.2, 0.25) is 0 Å². The van der Waals surface area contributed by atoms with Crippen molar-refractivity contribution in [1.29, 1.82) is 0 Å². The number of aromatic nitrogens is 3. The Kier molecular flexibility index (Phi) is 3.10. The highest BCUT2D eigenvalue weighted by molar-refractivity contribution is 5.89. The molecule has 0 unspecified atom stereocenters. The summed E-state index contributed by atoms with van der Waals surface area (Å²) in [6.07, 6.45) is 1.82. The van der Waals surface area contributed by atoms with E-state index in [2.05, 4.69) is 10.4 Å². The molecule has 18 heavy (non-hydrogen) atoms. The van der Waals surface area contributed by atoms with Crippen LogP contribution in [0.2, 0.25) is 0 Å². The largest absolute Gasteiger partial charge is 0.464 e. The average molecular weight is 248 g/mol. The molecule has 0 saturated heterocycles.